The monoisotopic (exact) mass is 358 g/mol. The number of carbonyl (C=O) groups excluding carboxylic acids is 1. The van der Waals surface area contributed by atoms with Gasteiger partial charge in [0.1, 0.15) is 0 Å². The number of alkyl halides is 1. The summed E-state index contributed by atoms with van der Waals surface area (Å²) >= 11 is 12.2. The van der Waals surface area contributed by atoms with Crippen LogP contribution in [-0.4, -0.2) is 23.3 Å². The van der Waals surface area contributed by atoms with Crippen molar-refractivity contribution in [2.45, 2.75) is 12.8 Å². The number of nitrogens with one attached hydrogen (secondary N) is 1. The molecule has 5 heteroatoms. The summed E-state index contributed by atoms with van der Waals surface area (Å²) in [7, 11) is 0. The Morgan fingerprint density at radius 3 is 2.71 bits per heavy atom. The summed E-state index contributed by atoms with van der Waals surface area (Å²) in [5, 5.41) is 1.81. The highest BCUT2D eigenvalue weighted by Crippen LogP contribution is 2.43. The van der Waals surface area contributed by atoms with Gasteiger partial charge in [-0.15, -0.1) is 11.6 Å². The number of aryl methyl sites for hydroxylation is 1. The molecule has 0 bridgehead atoms. The minimum absolute atomic E-state index is 0.0203. The first-order valence-corrected chi connectivity index (χ1v) is 8.75. The molecule has 24 heavy (non-hydrogen) atoms. The highest BCUT2D eigenvalue weighted by Gasteiger charge is 2.34. The maximum absolute atomic E-state index is 13.0. The maximum Gasteiger partial charge on any atom is 0.258 e. The molecule has 0 radical (unpaired) electrons. The number of fused-ring (bicyclic) bond motifs is 3. The lowest BCUT2D eigenvalue weighted by Gasteiger charge is -2.18. The fourth-order valence-electron chi connectivity index (χ4n) is 3.54. The number of aromatic amines is 1. The van der Waals surface area contributed by atoms with Crippen LogP contribution in [0.3, 0.4) is 0 Å². The fourth-order valence-corrected chi connectivity index (χ4v) is 3.91. The zero-order valence-corrected chi connectivity index (χ0v) is 14.7. The number of aromatic nitrogens is 1. The van der Waals surface area contributed by atoms with Gasteiger partial charge in [-0.1, -0.05) is 11.6 Å². The first-order valence-electron chi connectivity index (χ1n) is 7.84. The third-order valence-corrected chi connectivity index (χ3v) is 5.31. The maximum atomic E-state index is 13.0. The third-order valence-electron chi connectivity index (χ3n) is 4.69. The number of hydrogen-bond donors (Lipinski definition) is 1. The highest BCUT2D eigenvalue weighted by atomic mass is 35.5. The van der Waals surface area contributed by atoms with Crippen LogP contribution in [0.2, 0.25) is 5.02 Å². The first kappa shape index (κ1) is 15.6. The normalized spacial score (nSPS) is 16.6. The molecule has 1 amide bonds. The van der Waals surface area contributed by atoms with Gasteiger partial charge in [-0.05, 0) is 54.4 Å². The standard InChI is InChI=1S/C19H16Cl2N2O/c1-11-9-22-15-6-7-16-18(17(11)15)13(8-20)10-23(16)19(24)12-2-4-14(21)5-3-12/h2-7,9,13,22H,8,10H2,1H3/t13-/m1/s1. The SMILES string of the molecule is Cc1c[nH]c2ccc3c(c12)[C@H](CCl)CN3C(=O)c1ccc(Cl)cc1. The minimum atomic E-state index is -0.0203. The van der Waals surface area contributed by atoms with Gasteiger partial charge < -0.3 is 9.88 Å². The molecule has 1 N–H and O–H groups in total. The van der Waals surface area contributed by atoms with Crippen LogP contribution >= 0.6 is 23.2 Å². The number of amides is 1. The quantitative estimate of drug-likeness (QED) is 0.634. The molecular weight excluding hydrogens is 343 g/mol. The Labute approximate surface area is 150 Å². The number of H-pyrrole nitrogens is 1. The number of rotatable bonds is 2. The minimum Gasteiger partial charge on any atom is -0.361 e. The molecule has 4 rings (SSSR count). The molecule has 0 aliphatic carbocycles. The van der Waals surface area contributed by atoms with E-state index in [0.717, 1.165) is 11.2 Å². The molecule has 1 aliphatic heterocycles. The second-order valence-electron chi connectivity index (χ2n) is 6.17. The molecule has 3 nitrogen and oxygen atoms in total. The van der Waals surface area contributed by atoms with Gasteiger partial charge in [-0.2, -0.15) is 0 Å². The van der Waals surface area contributed by atoms with Gasteiger partial charge in [0, 0.05) is 51.7 Å². The van der Waals surface area contributed by atoms with Crippen molar-refractivity contribution in [3.05, 3.63) is 64.3 Å². The zero-order valence-electron chi connectivity index (χ0n) is 13.1. The average Bonchev–Trinajstić information content (AvgIpc) is 3.15. The second kappa shape index (κ2) is 5.83. The third kappa shape index (κ3) is 2.31. The van der Waals surface area contributed by atoms with Crippen molar-refractivity contribution in [2.75, 3.05) is 17.3 Å². The van der Waals surface area contributed by atoms with E-state index in [0.29, 0.717) is 23.0 Å². The Balaban J connectivity index is 1.83. The Morgan fingerprint density at radius 1 is 1.25 bits per heavy atom. The van der Waals surface area contributed by atoms with E-state index in [1.807, 2.05) is 23.2 Å². The molecule has 0 saturated carbocycles. The number of anilines is 1. The van der Waals surface area contributed by atoms with Crippen molar-refractivity contribution in [3.8, 4) is 0 Å². The van der Waals surface area contributed by atoms with E-state index in [4.69, 9.17) is 23.2 Å². The van der Waals surface area contributed by atoms with Crippen molar-refractivity contribution in [3.63, 3.8) is 0 Å². The van der Waals surface area contributed by atoms with Gasteiger partial charge in [0.2, 0.25) is 0 Å². The number of carbonyl (C=O) groups is 1. The van der Waals surface area contributed by atoms with Crippen molar-refractivity contribution >= 4 is 45.7 Å². The van der Waals surface area contributed by atoms with Crippen LogP contribution in [0.4, 0.5) is 5.69 Å². The summed E-state index contributed by atoms with van der Waals surface area (Å²) in [6, 6.07) is 11.0. The number of nitrogens with zero attached hydrogens (tertiary/aromatic N) is 1. The van der Waals surface area contributed by atoms with E-state index in [9.17, 15) is 4.79 Å². The zero-order chi connectivity index (χ0) is 16.8. The predicted molar refractivity (Wildman–Crippen MR) is 99.6 cm³/mol. The lowest BCUT2D eigenvalue weighted by Crippen LogP contribution is -2.30. The Morgan fingerprint density at radius 2 is 2.00 bits per heavy atom. The number of benzene rings is 2. The van der Waals surface area contributed by atoms with Crippen LogP contribution in [0.5, 0.6) is 0 Å². The predicted octanol–water partition coefficient (Wildman–Crippen LogP) is 5.11. The Hall–Kier alpha value is -1.97. The summed E-state index contributed by atoms with van der Waals surface area (Å²) < 4.78 is 0. The molecule has 1 atom stereocenters. The Kier molecular flexibility index (Phi) is 3.78. The fraction of sp³-hybridized carbons (Fsp3) is 0.211. The van der Waals surface area contributed by atoms with E-state index in [2.05, 4.69) is 11.9 Å². The molecule has 0 fully saturated rings. The molecule has 1 aromatic heterocycles. The summed E-state index contributed by atoms with van der Waals surface area (Å²) in [6.45, 7) is 2.68. The molecular formula is C19H16Cl2N2O. The van der Waals surface area contributed by atoms with Crippen molar-refractivity contribution in [1.82, 2.24) is 4.98 Å². The summed E-state index contributed by atoms with van der Waals surface area (Å²) in [5.74, 6) is 0.602. The molecule has 122 valence electrons. The van der Waals surface area contributed by atoms with Crippen molar-refractivity contribution in [1.29, 1.82) is 0 Å². The van der Waals surface area contributed by atoms with Crippen LogP contribution in [0.15, 0.2) is 42.6 Å². The van der Waals surface area contributed by atoms with Crippen LogP contribution in [0.25, 0.3) is 10.9 Å². The van der Waals surface area contributed by atoms with E-state index < -0.39 is 0 Å². The lowest BCUT2D eigenvalue weighted by molar-refractivity contribution is 0.0988. The molecule has 0 saturated heterocycles. The summed E-state index contributed by atoms with van der Waals surface area (Å²) in [4.78, 5) is 18.1. The summed E-state index contributed by atoms with van der Waals surface area (Å²) in [5.41, 5.74) is 5.02. The average molecular weight is 359 g/mol. The van der Waals surface area contributed by atoms with Gasteiger partial charge in [0.25, 0.3) is 5.91 Å². The van der Waals surface area contributed by atoms with Crippen molar-refractivity contribution < 1.29 is 4.79 Å². The van der Waals surface area contributed by atoms with Gasteiger partial charge >= 0.3 is 0 Å². The van der Waals surface area contributed by atoms with Crippen LogP contribution in [0.1, 0.15) is 27.4 Å². The van der Waals surface area contributed by atoms with Gasteiger partial charge in [0.05, 0.1) is 0 Å². The topological polar surface area (TPSA) is 36.1 Å². The van der Waals surface area contributed by atoms with E-state index >= 15 is 0 Å². The molecule has 1 aliphatic rings. The van der Waals surface area contributed by atoms with E-state index in [1.165, 1.54) is 16.5 Å². The smallest absolute Gasteiger partial charge is 0.258 e. The molecule has 2 heterocycles. The second-order valence-corrected chi connectivity index (χ2v) is 6.91. The van der Waals surface area contributed by atoms with Crippen LogP contribution < -0.4 is 4.90 Å². The molecule has 3 aromatic rings. The molecule has 0 unspecified atom stereocenters. The van der Waals surface area contributed by atoms with E-state index in [1.54, 1.807) is 24.3 Å². The number of halogens is 2. The van der Waals surface area contributed by atoms with Crippen molar-refractivity contribution in [2.24, 2.45) is 0 Å². The highest BCUT2D eigenvalue weighted by molar-refractivity contribution is 6.30. The molecule has 2 aromatic carbocycles. The first-order chi connectivity index (χ1) is 11.6. The van der Waals surface area contributed by atoms with Gasteiger partial charge in [-0.3, -0.25) is 4.79 Å². The van der Waals surface area contributed by atoms with Crippen LogP contribution in [-0.2, 0) is 0 Å². The van der Waals surface area contributed by atoms with E-state index in [-0.39, 0.29) is 11.8 Å². The Bertz CT molecular complexity index is 930. The van der Waals surface area contributed by atoms with Crippen LogP contribution in [0, 0.1) is 6.92 Å². The number of hydrogen-bond acceptors (Lipinski definition) is 1. The molecule has 0 spiro atoms. The summed E-state index contributed by atoms with van der Waals surface area (Å²) in [6.07, 6.45) is 2.00. The van der Waals surface area contributed by atoms with Gasteiger partial charge in [-0.25, -0.2) is 0 Å². The van der Waals surface area contributed by atoms with Gasteiger partial charge in [0.15, 0.2) is 0 Å². The largest absolute Gasteiger partial charge is 0.361 e. The lowest BCUT2D eigenvalue weighted by atomic mass is 9.97.